The molecule has 0 saturated carbocycles. The van der Waals surface area contributed by atoms with Crippen LogP contribution in [0.2, 0.25) is 0 Å². The summed E-state index contributed by atoms with van der Waals surface area (Å²) in [7, 11) is 1.63. The lowest BCUT2D eigenvalue weighted by Gasteiger charge is -2.33. The van der Waals surface area contributed by atoms with Crippen molar-refractivity contribution in [1.82, 2.24) is 4.98 Å². The molecular weight excluding hydrogens is 494 g/mol. The summed E-state index contributed by atoms with van der Waals surface area (Å²) >= 11 is 1.49. The number of ether oxygens (including phenoxy) is 1. The van der Waals surface area contributed by atoms with Crippen LogP contribution in [0.4, 0.5) is 5.00 Å². The summed E-state index contributed by atoms with van der Waals surface area (Å²) in [5.74, 6) is 0.488. The van der Waals surface area contributed by atoms with Crippen LogP contribution in [0.25, 0.3) is 22.2 Å². The lowest BCUT2D eigenvalue weighted by Crippen LogP contribution is -2.27. The van der Waals surface area contributed by atoms with E-state index >= 15 is 0 Å². The molecule has 0 bridgehead atoms. The first-order valence-corrected chi connectivity index (χ1v) is 13.7. The van der Waals surface area contributed by atoms with Crippen molar-refractivity contribution < 1.29 is 14.3 Å². The Morgan fingerprint density at radius 1 is 1.08 bits per heavy atom. The van der Waals surface area contributed by atoms with E-state index in [1.165, 1.54) is 11.3 Å². The Morgan fingerprint density at radius 3 is 2.45 bits per heavy atom. The summed E-state index contributed by atoms with van der Waals surface area (Å²) in [6.07, 6.45) is 2.68. The summed E-state index contributed by atoms with van der Waals surface area (Å²) in [6.45, 7) is 8.68. The monoisotopic (exact) mass is 527 g/mol. The number of nitrogens with two attached hydrogens (primary N) is 1. The van der Waals surface area contributed by atoms with Gasteiger partial charge in [0.05, 0.1) is 29.4 Å². The van der Waals surface area contributed by atoms with Gasteiger partial charge in [-0.3, -0.25) is 9.59 Å². The number of methoxy groups -OCH3 is 1. The van der Waals surface area contributed by atoms with Gasteiger partial charge in [0.2, 0.25) is 0 Å². The summed E-state index contributed by atoms with van der Waals surface area (Å²) < 4.78 is 5.30. The molecule has 3 N–H and O–H groups in total. The summed E-state index contributed by atoms with van der Waals surface area (Å²) in [5.41, 5.74) is 11.1. The third-order valence-electron chi connectivity index (χ3n) is 7.69. The molecule has 0 radical (unpaired) electrons. The number of benzene rings is 2. The number of anilines is 1. The molecule has 1 unspecified atom stereocenters. The van der Waals surface area contributed by atoms with E-state index in [1.54, 1.807) is 7.11 Å². The Hall–Kier alpha value is -3.71. The number of amides is 2. The van der Waals surface area contributed by atoms with Gasteiger partial charge in [-0.25, -0.2) is 4.98 Å². The number of primary amides is 1. The number of carbonyl (C=O) groups is 2. The Balaban J connectivity index is 1.58. The molecule has 6 nitrogen and oxygen atoms in total. The molecule has 0 saturated heterocycles. The average molecular weight is 528 g/mol. The number of aromatic nitrogens is 1. The van der Waals surface area contributed by atoms with Crippen molar-refractivity contribution in [3.8, 4) is 17.0 Å². The maximum Gasteiger partial charge on any atom is 0.257 e. The Morgan fingerprint density at radius 2 is 1.79 bits per heavy atom. The minimum absolute atomic E-state index is 0.170. The number of pyridine rings is 1. The number of hydrogen-bond acceptors (Lipinski definition) is 5. The lowest BCUT2D eigenvalue weighted by atomic mass is 9.72. The zero-order valence-corrected chi connectivity index (χ0v) is 23.3. The SMILES string of the molecule is COc1ccc(-c2nc3ccccc3c(C(=O)Nc3sc4c(c3C(N)=O)CCC(C(C)(C)C)C4)c2C)cc1. The van der Waals surface area contributed by atoms with Gasteiger partial charge in [-0.1, -0.05) is 39.0 Å². The van der Waals surface area contributed by atoms with Crippen LogP contribution in [0.5, 0.6) is 5.75 Å². The summed E-state index contributed by atoms with van der Waals surface area (Å²) in [6, 6.07) is 15.3. The Kier molecular flexibility index (Phi) is 6.73. The van der Waals surface area contributed by atoms with E-state index in [0.29, 0.717) is 22.0 Å². The normalized spacial score (nSPS) is 15.2. The molecule has 0 spiro atoms. The highest BCUT2D eigenvalue weighted by atomic mass is 32.1. The number of thiophene rings is 1. The van der Waals surface area contributed by atoms with Crippen LogP contribution < -0.4 is 15.8 Å². The average Bonchev–Trinajstić information content (AvgIpc) is 3.25. The van der Waals surface area contributed by atoms with Crippen LogP contribution in [0.3, 0.4) is 0 Å². The number of nitrogens with zero attached hydrogens (tertiary/aromatic N) is 1. The molecule has 7 heteroatoms. The van der Waals surface area contributed by atoms with E-state index in [4.69, 9.17) is 15.5 Å². The first-order chi connectivity index (χ1) is 18.1. The second-order valence-corrected chi connectivity index (χ2v) is 12.1. The molecule has 4 aromatic rings. The Labute approximate surface area is 227 Å². The van der Waals surface area contributed by atoms with Crippen LogP contribution >= 0.6 is 11.3 Å². The quantitative estimate of drug-likeness (QED) is 0.299. The fraction of sp³-hybridized carbons (Fsp3) is 0.323. The van der Waals surface area contributed by atoms with Gasteiger partial charge in [-0.2, -0.15) is 0 Å². The van der Waals surface area contributed by atoms with Crippen molar-refractivity contribution in [2.24, 2.45) is 17.1 Å². The number of hydrogen-bond donors (Lipinski definition) is 2. The fourth-order valence-electron chi connectivity index (χ4n) is 5.47. The van der Waals surface area contributed by atoms with Crippen LogP contribution in [0, 0.1) is 18.3 Å². The first kappa shape index (κ1) is 25.9. The topological polar surface area (TPSA) is 94.3 Å². The van der Waals surface area contributed by atoms with Crippen molar-refractivity contribution in [2.75, 3.05) is 12.4 Å². The molecule has 2 aromatic carbocycles. The number of fused-ring (bicyclic) bond motifs is 2. The number of carbonyl (C=O) groups excluding carboxylic acids is 2. The Bertz CT molecular complexity index is 1550. The zero-order chi connectivity index (χ0) is 27.2. The van der Waals surface area contributed by atoms with Gasteiger partial charge in [0.25, 0.3) is 11.8 Å². The van der Waals surface area contributed by atoms with Gasteiger partial charge in [0, 0.05) is 15.8 Å². The number of rotatable bonds is 5. The van der Waals surface area contributed by atoms with Gasteiger partial charge >= 0.3 is 0 Å². The highest BCUT2D eigenvalue weighted by Gasteiger charge is 2.34. The van der Waals surface area contributed by atoms with E-state index in [9.17, 15) is 9.59 Å². The molecular formula is C31H33N3O3S. The van der Waals surface area contributed by atoms with Gasteiger partial charge in [-0.05, 0) is 79.0 Å². The molecule has 2 heterocycles. The molecule has 196 valence electrons. The second-order valence-electron chi connectivity index (χ2n) is 11.0. The van der Waals surface area contributed by atoms with Crippen molar-refractivity contribution in [2.45, 2.75) is 47.0 Å². The third kappa shape index (κ3) is 4.67. The molecule has 5 rings (SSSR count). The van der Waals surface area contributed by atoms with E-state index < -0.39 is 5.91 Å². The fourth-order valence-corrected chi connectivity index (χ4v) is 6.80. The molecule has 0 fully saturated rings. The minimum Gasteiger partial charge on any atom is -0.497 e. The molecule has 2 aromatic heterocycles. The van der Waals surface area contributed by atoms with Crippen LogP contribution in [0.15, 0.2) is 48.5 Å². The highest BCUT2D eigenvalue weighted by Crippen LogP contribution is 2.44. The van der Waals surface area contributed by atoms with Gasteiger partial charge in [-0.15, -0.1) is 11.3 Å². The molecule has 1 atom stereocenters. The van der Waals surface area contributed by atoms with E-state index in [2.05, 4.69) is 26.1 Å². The highest BCUT2D eigenvalue weighted by molar-refractivity contribution is 7.17. The van der Waals surface area contributed by atoms with Gasteiger partial charge in [0.1, 0.15) is 10.8 Å². The smallest absolute Gasteiger partial charge is 0.257 e. The zero-order valence-electron chi connectivity index (χ0n) is 22.5. The van der Waals surface area contributed by atoms with Crippen LogP contribution in [-0.4, -0.2) is 23.9 Å². The van der Waals surface area contributed by atoms with E-state index in [1.807, 2.05) is 55.5 Å². The summed E-state index contributed by atoms with van der Waals surface area (Å²) in [5, 5.41) is 4.37. The predicted octanol–water partition coefficient (Wildman–Crippen LogP) is 6.78. The minimum atomic E-state index is -0.498. The van der Waals surface area contributed by atoms with E-state index in [0.717, 1.165) is 63.2 Å². The molecule has 1 aliphatic carbocycles. The van der Waals surface area contributed by atoms with Crippen molar-refractivity contribution in [3.63, 3.8) is 0 Å². The van der Waals surface area contributed by atoms with Gasteiger partial charge < -0.3 is 15.8 Å². The molecule has 0 aliphatic heterocycles. The molecule has 2 amide bonds. The van der Waals surface area contributed by atoms with E-state index in [-0.39, 0.29) is 11.3 Å². The van der Waals surface area contributed by atoms with Crippen molar-refractivity contribution in [3.05, 3.63) is 75.7 Å². The first-order valence-electron chi connectivity index (χ1n) is 12.9. The standard InChI is InChI=1S/C31H33N3O3S/c1-17-25(21-8-6-7-9-23(21)33-27(17)18-10-13-20(37-5)14-11-18)29(36)34-30-26(28(32)35)22-15-12-19(31(2,3)4)16-24(22)38-30/h6-11,13-14,19H,12,15-16H2,1-5H3,(H2,32,35)(H,34,36). The lowest BCUT2D eigenvalue weighted by molar-refractivity contribution is 0.1000. The largest absolute Gasteiger partial charge is 0.497 e. The molecule has 38 heavy (non-hydrogen) atoms. The predicted molar refractivity (Wildman–Crippen MR) is 154 cm³/mol. The van der Waals surface area contributed by atoms with Gasteiger partial charge in [0.15, 0.2) is 0 Å². The van der Waals surface area contributed by atoms with Crippen molar-refractivity contribution in [1.29, 1.82) is 0 Å². The third-order valence-corrected chi connectivity index (χ3v) is 8.86. The molecule has 1 aliphatic rings. The summed E-state index contributed by atoms with van der Waals surface area (Å²) in [4.78, 5) is 32.6. The maximum atomic E-state index is 13.9. The second kappa shape index (κ2) is 9.87. The maximum absolute atomic E-state index is 13.9. The van der Waals surface area contributed by atoms with Crippen molar-refractivity contribution >= 4 is 39.1 Å². The van der Waals surface area contributed by atoms with Crippen LogP contribution in [0.1, 0.15) is 63.9 Å². The number of para-hydroxylation sites is 1. The van der Waals surface area contributed by atoms with Crippen LogP contribution in [-0.2, 0) is 12.8 Å². The number of nitrogens with one attached hydrogen (secondary N) is 1.